The number of aryl methyl sites for hydroxylation is 3. The highest BCUT2D eigenvalue weighted by Gasteiger charge is 1.96. The molecule has 1 radical (unpaired) electrons. The Morgan fingerprint density at radius 2 is 2.08 bits per heavy atom. The maximum Gasteiger partial charge on any atom is -0.0241 e. The third kappa shape index (κ3) is 2.23. The van der Waals surface area contributed by atoms with Gasteiger partial charge in [-0.3, -0.25) is 0 Å². The lowest BCUT2D eigenvalue weighted by molar-refractivity contribution is 0.985. The van der Waals surface area contributed by atoms with Crippen LogP contribution in [0.1, 0.15) is 23.1 Å². The van der Waals surface area contributed by atoms with Crippen molar-refractivity contribution in [2.24, 2.45) is 0 Å². The summed E-state index contributed by atoms with van der Waals surface area (Å²) in [5, 5.41) is 0. The van der Waals surface area contributed by atoms with Gasteiger partial charge in [-0.15, -0.1) is 0 Å². The van der Waals surface area contributed by atoms with Crippen LogP contribution in [-0.2, 0) is 6.42 Å². The molecule has 0 saturated heterocycles. The van der Waals surface area contributed by atoms with Crippen molar-refractivity contribution in [2.45, 2.75) is 26.7 Å². The van der Waals surface area contributed by atoms with Gasteiger partial charge in [0.1, 0.15) is 0 Å². The zero-order valence-electron chi connectivity index (χ0n) is 7.80. The lowest BCUT2D eigenvalue weighted by Crippen LogP contribution is -1.89. The van der Waals surface area contributed by atoms with Crippen LogP contribution in [0, 0.1) is 20.4 Å². The van der Waals surface area contributed by atoms with Gasteiger partial charge in [-0.1, -0.05) is 36.4 Å². The third-order valence-electron chi connectivity index (χ3n) is 2.08. The number of rotatable bonds is 3. The summed E-state index contributed by atoms with van der Waals surface area (Å²) in [6, 6.07) is 6.55. The Morgan fingerprint density at radius 1 is 1.33 bits per heavy atom. The second kappa shape index (κ2) is 4.10. The van der Waals surface area contributed by atoms with Crippen LogP contribution in [0.25, 0.3) is 0 Å². The second-order valence-electron chi connectivity index (χ2n) is 3.20. The molecule has 1 rings (SSSR count). The molecular weight excluding hydrogens is 144 g/mol. The normalized spacial score (nSPS) is 9.83. The Labute approximate surface area is 74.9 Å². The van der Waals surface area contributed by atoms with Crippen LogP contribution >= 0.6 is 0 Å². The van der Waals surface area contributed by atoms with E-state index in [1.54, 1.807) is 6.08 Å². The van der Waals surface area contributed by atoms with Crippen molar-refractivity contribution in [2.75, 3.05) is 0 Å². The summed E-state index contributed by atoms with van der Waals surface area (Å²) < 4.78 is 0. The van der Waals surface area contributed by atoms with Crippen molar-refractivity contribution in [3.05, 3.63) is 47.5 Å². The van der Waals surface area contributed by atoms with Crippen molar-refractivity contribution in [3.8, 4) is 0 Å². The third-order valence-corrected chi connectivity index (χ3v) is 2.08. The molecule has 0 fully saturated rings. The molecule has 63 valence electrons. The zero-order chi connectivity index (χ0) is 8.97. The largest absolute Gasteiger partial charge is 0.0842 e. The molecule has 1 aromatic carbocycles. The monoisotopic (exact) mass is 159 g/mol. The molecule has 0 aromatic heterocycles. The molecule has 0 unspecified atom stereocenters. The molecular formula is C12H15. The van der Waals surface area contributed by atoms with Crippen LogP contribution < -0.4 is 0 Å². The summed E-state index contributed by atoms with van der Waals surface area (Å²) in [5.41, 5.74) is 4.10. The Morgan fingerprint density at radius 3 is 2.75 bits per heavy atom. The Hall–Kier alpha value is -1.04. The average Bonchev–Trinajstić information content (AvgIpc) is 2.07. The molecule has 0 heterocycles. The highest BCUT2D eigenvalue weighted by molar-refractivity contribution is 5.30. The summed E-state index contributed by atoms with van der Waals surface area (Å²) in [7, 11) is 0. The molecule has 0 saturated carbocycles. The summed E-state index contributed by atoms with van der Waals surface area (Å²) in [5.74, 6) is 0. The second-order valence-corrected chi connectivity index (χ2v) is 3.20. The van der Waals surface area contributed by atoms with E-state index in [1.807, 2.05) is 0 Å². The lowest BCUT2D eigenvalue weighted by atomic mass is 10.0. The van der Waals surface area contributed by atoms with Gasteiger partial charge in [-0.25, -0.2) is 0 Å². The van der Waals surface area contributed by atoms with Crippen molar-refractivity contribution in [3.63, 3.8) is 0 Å². The van der Waals surface area contributed by atoms with E-state index in [0.29, 0.717) is 0 Å². The van der Waals surface area contributed by atoms with E-state index in [9.17, 15) is 0 Å². The van der Waals surface area contributed by atoms with Crippen LogP contribution in [0.2, 0.25) is 0 Å². The number of allylic oxidation sites excluding steroid dienone is 1. The predicted molar refractivity (Wildman–Crippen MR) is 53.1 cm³/mol. The highest BCUT2D eigenvalue weighted by Crippen LogP contribution is 2.12. The van der Waals surface area contributed by atoms with Gasteiger partial charge < -0.3 is 0 Å². The van der Waals surface area contributed by atoms with Gasteiger partial charge in [-0.05, 0) is 37.8 Å². The molecule has 0 atom stereocenters. The van der Waals surface area contributed by atoms with E-state index in [4.69, 9.17) is 6.58 Å². The van der Waals surface area contributed by atoms with Crippen LogP contribution in [0.15, 0.2) is 24.3 Å². The zero-order valence-corrected chi connectivity index (χ0v) is 7.80. The predicted octanol–water partition coefficient (Wildman–Crippen LogP) is 3.23. The molecule has 0 aliphatic heterocycles. The molecule has 0 spiro atoms. The van der Waals surface area contributed by atoms with E-state index in [-0.39, 0.29) is 0 Å². The molecule has 12 heavy (non-hydrogen) atoms. The lowest BCUT2D eigenvalue weighted by Gasteiger charge is -2.04. The van der Waals surface area contributed by atoms with Crippen molar-refractivity contribution >= 4 is 0 Å². The van der Waals surface area contributed by atoms with Crippen molar-refractivity contribution in [1.82, 2.24) is 0 Å². The summed E-state index contributed by atoms with van der Waals surface area (Å²) in [4.78, 5) is 0. The molecule has 0 N–H and O–H groups in total. The first-order chi connectivity index (χ1) is 5.74. The minimum Gasteiger partial charge on any atom is -0.0842 e. The molecule has 0 amide bonds. The van der Waals surface area contributed by atoms with E-state index >= 15 is 0 Å². The Kier molecular flexibility index (Phi) is 3.09. The SMILES string of the molecule is [CH]=CCCc1cc(C)ccc1C. The molecule has 0 aliphatic carbocycles. The van der Waals surface area contributed by atoms with Crippen LogP contribution in [0.3, 0.4) is 0 Å². The molecule has 0 heteroatoms. The molecule has 0 nitrogen and oxygen atoms in total. The van der Waals surface area contributed by atoms with Crippen LogP contribution in [0.4, 0.5) is 0 Å². The minimum atomic E-state index is 0.963. The van der Waals surface area contributed by atoms with Gasteiger partial charge in [0.05, 0.1) is 0 Å². The van der Waals surface area contributed by atoms with Gasteiger partial charge in [0.2, 0.25) is 0 Å². The van der Waals surface area contributed by atoms with Crippen LogP contribution in [-0.4, -0.2) is 0 Å². The minimum absolute atomic E-state index is 0.963. The molecule has 0 aliphatic rings. The first-order valence-corrected chi connectivity index (χ1v) is 4.33. The van der Waals surface area contributed by atoms with Crippen molar-refractivity contribution in [1.29, 1.82) is 0 Å². The van der Waals surface area contributed by atoms with Gasteiger partial charge >= 0.3 is 0 Å². The van der Waals surface area contributed by atoms with E-state index in [2.05, 4.69) is 32.0 Å². The number of benzene rings is 1. The fourth-order valence-corrected chi connectivity index (χ4v) is 1.31. The summed E-state index contributed by atoms with van der Waals surface area (Å²) in [6.07, 6.45) is 3.75. The summed E-state index contributed by atoms with van der Waals surface area (Å²) in [6.45, 7) is 9.60. The Balaban J connectivity index is 2.82. The first kappa shape index (κ1) is 9.05. The van der Waals surface area contributed by atoms with Crippen LogP contribution in [0.5, 0.6) is 0 Å². The standard InChI is InChI=1S/C12H15/c1-4-5-6-12-9-10(2)7-8-11(12)3/h1,4,7-9H,5-6H2,2-3H3. The fraction of sp³-hybridized carbons (Fsp3) is 0.333. The molecule has 0 bridgehead atoms. The highest BCUT2D eigenvalue weighted by atomic mass is 14.0. The number of hydrogen-bond donors (Lipinski definition) is 0. The van der Waals surface area contributed by atoms with Gasteiger partial charge in [-0.2, -0.15) is 0 Å². The van der Waals surface area contributed by atoms with Crippen molar-refractivity contribution < 1.29 is 0 Å². The molecule has 1 aromatic rings. The van der Waals surface area contributed by atoms with E-state index in [0.717, 1.165) is 12.8 Å². The quantitative estimate of drug-likeness (QED) is 0.635. The van der Waals surface area contributed by atoms with E-state index in [1.165, 1.54) is 16.7 Å². The van der Waals surface area contributed by atoms with Gasteiger partial charge in [0.25, 0.3) is 0 Å². The van der Waals surface area contributed by atoms with Gasteiger partial charge in [0.15, 0.2) is 0 Å². The number of hydrogen-bond acceptors (Lipinski definition) is 0. The summed E-state index contributed by atoms with van der Waals surface area (Å²) >= 11 is 0. The maximum atomic E-state index is 5.34. The van der Waals surface area contributed by atoms with E-state index < -0.39 is 0 Å². The van der Waals surface area contributed by atoms with Gasteiger partial charge in [0, 0.05) is 0 Å². The first-order valence-electron chi connectivity index (χ1n) is 4.33. The maximum absolute atomic E-state index is 5.34. The smallest absolute Gasteiger partial charge is 0.0241 e. The fourth-order valence-electron chi connectivity index (χ4n) is 1.31. The Bertz CT molecular complexity index is 271. The topological polar surface area (TPSA) is 0 Å². The average molecular weight is 159 g/mol.